The van der Waals surface area contributed by atoms with Crippen LogP contribution in [0.25, 0.3) is 0 Å². The number of aromatic hydroxyl groups is 1. The Labute approximate surface area is 81.4 Å². The summed E-state index contributed by atoms with van der Waals surface area (Å²) >= 11 is 0. The van der Waals surface area contributed by atoms with E-state index in [1.54, 1.807) is 12.1 Å². The van der Waals surface area contributed by atoms with E-state index in [2.05, 4.69) is 5.16 Å². The topological polar surface area (TPSA) is 62.1 Å². The largest absolute Gasteiger partial charge is 0.508 e. The molecule has 1 aromatic carbocycles. The van der Waals surface area contributed by atoms with Crippen molar-refractivity contribution in [1.29, 1.82) is 0 Å². The second-order valence-electron chi connectivity index (χ2n) is 3.36. The van der Waals surface area contributed by atoms with Crippen LogP contribution in [-0.4, -0.2) is 22.1 Å². The number of phenolic OH excluding ortho intramolecular Hbond substituents is 1. The van der Waals surface area contributed by atoms with Gasteiger partial charge >= 0.3 is 0 Å². The van der Waals surface area contributed by atoms with Gasteiger partial charge in [0.05, 0.1) is 5.71 Å². The Morgan fingerprint density at radius 2 is 2.29 bits per heavy atom. The highest BCUT2D eigenvalue weighted by molar-refractivity contribution is 6.03. The first kappa shape index (κ1) is 8.87. The molecule has 0 aliphatic carbocycles. The molecular formula is C10H11NO3. The minimum absolute atomic E-state index is 0.0322. The van der Waals surface area contributed by atoms with Crippen LogP contribution in [0, 0.1) is 0 Å². The summed E-state index contributed by atoms with van der Waals surface area (Å²) in [6, 6.07) is 4.76. The SMILES string of the molecule is CC1C/C(=N/O)c2ccc(O)cc2O1. The zero-order chi connectivity index (χ0) is 10.1. The van der Waals surface area contributed by atoms with Crippen LogP contribution in [0.5, 0.6) is 11.5 Å². The summed E-state index contributed by atoms with van der Waals surface area (Å²) in [5.74, 6) is 0.715. The molecule has 2 N–H and O–H groups in total. The maximum absolute atomic E-state index is 9.25. The van der Waals surface area contributed by atoms with Crippen LogP contribution in [0.3, 0.4) is 0 Å². The van der Waals surface area contributed by atoms with Gasteiger partial charge in [0.25, 0.3) is 0 Å². The molecule has 0 amide bonds. The van der Waals surface area contributed by atoms with E-state index in [-0.39, 0.29) is 11.9 Å². The van der Waals surface area contributed by atoms with Crippen molar-refractivity contribution in [3.63, 3.8) is 0 Å². The average Bonchev–Trinajstić information content (AvgIpc) is 2.15. The number of fused-ring (bicyclic) bond motifs is 1. The molecule has 0 saturated carbocycles. The molecular weight excluding hydrogens is 182 g/mol. The lowest BCUT2D eigenvalue weighted by Crippen LogP contribution is -2.24. The number of hydrogen-bond acceptors (Lipinski definition) is 4. The number of ether oxygens (including phenoxy) is 1. The summed E-state index contributed by atoms with van der Waals surface area (Å²) in [5.41, 5.74) is 1.34. The number of hydrogen-bond donors (Lipinski definition) is 2. The highest BCUT2D eigenvalue weighted by Crippen LogP contribution is 2.30. The van der Waals surface area contributed by atoms with Crippen molar-refractivity contribution in [3.05, 3.63) is 23.8 Å². The molecule has 0 fully saturated rings. The summed E-state index contributed by atoms with van der Waals surface area (Å²) in [5, 5.41) is 21.3. The van der Waals surface area contributed by atoms with E-state index in [1.165, 1.54) is 6.07 Å². The Morgan fingerprint density at radius 3 is 3.00 bits per heavy atom. The lowest BCUT2D eigenvalue weighted by Gasteiger charge is -2.23. The molecule has 4 nitrogen and oxygen atoms in total. The highest BCUT2D eigenvalue weighted by atomic mass is 16.5. The van der Waals surface area contributed by atoms with Gasteiger partial charge in [-0.15, -0.1) is 0 Å². The fourth-order valence-electron chi connectivity index (χ4n) is 1.58. The first-order valence-corrected chi connectivity index (χ1v) is 4.41. The van der Waals surface area contributed by atoms with Crippen LogP contribution in [-0.2, 0) is 0 Å². The number of oxime groups is 1. The molecule has 0 bridgehead atoms. The van der Waals surface area contributed by atoms with Gasteiger partial charge in [0.2, 0.25) is 0 Å². The zero-order valence-corrected chi connectivity index (χ0v) is 7.77. The molecule has 1 aliphatic rings. The molecule has 1 unspecified atom stereocenters. The molecule has 1 heterocycles. The molecule has 14 heavy (non-hydrogen) atoms. The van der Waals surface area contributed by atoms with Crippen molar-refractivity contribution < 1.29 is 15.1 Å². The fourth-order valence-corrected chi connectivity index (χ4v) is 1.58. The molecule has 1 aliphatic heterocycles. The van der Waals surface area contributed by atoms with Gasteiger partial charge in [0.15, 0.2) is 0 Å². The monoisotopic (exact) mass is 193 g/mol. The van der Waals surface area contributed by atoms with Crippen molar-refractivity contribution in [2.45, 2.75) is 19.4 Å². The quantitative estimate of drug-likeness (QED) is 0.487. The van der Waals surface area contributed by atoms with Gasteiger partial charge in [0.1, 0.15) is 17.6 Å². The number of benzene rings is 1. The van der Waals surface area contributed by atoms with Gasteiger partial charge in [0, 0.05) is 18.1 Å². The maximum atomic E-state index is 9.25. The van der Waals surface area contributed by atoms with Gasteiger partial charge in [-0.1, -0.05) is 5.16 Å². The van der Waals surface area contributed by atoms with Crippen molar-refractivity contribution in [1.82, 2.24) is 0 Å². The first-order valence-electron chi connectivity index (χ1n) is 4.41. The maximum Gasteiger partial charge on any atom is 0.132 e. The Morgan fingerprint density at radius 1 is 1.50 bits per heavy atom. The third-order valence-electron chi connectivity index (χ3n) is 2.21. The Balaban J connectivity index is 2.51. The van der Waals surface area contributed by atoms with Crippen LogP contribution in [0.15, 0.2) is 23.4 Å². The second-order valence-corrected chi connectivity index (χ2v) is 3.36. The van der Waals surface area contributed by atoms with Crippen molar-refractivity contribution in [3.8, 4) is 11.5 Å². The standard InChI is InChI=1S/C10H11NO3/c1-6-4-9(11-13)8-3-2-7(12)5-10(8)14-6/h2-3,5-6,12-13H,4H2,1H3/b11-9-. The number of rotatable bonds is 0. The van der Waals surface area contributed by atoms with Gasteiger partial charge in [-0.2, -0.15) is 0 Å². The van der Waals surface area contributed by atoms with E-state index >= 15 is 0 Å². The highest BCUT2D eigenvalue weighted by Gasteiger charge is 2.22. The predicted molar refractivity (Wildman–Crippen MR) is 51.1 cm³/mol. The summed E-state index contributed by atoms with van der Waals surface area (Å²) in [6.45, 7) is 1.89. The lowest BCUT2D eigenvalue weighted by atomic mass is 10.0. The minimum Gasteiger partial charge on any atom is -0.508 e. The van der Waals surface area contributed by atoms with Crippen LogP contribution >= 0.6 is 0 Å². The summed E-state index contributed by atoms with van der Waals surface area (Å²) in [4.78, 5) is 0. The van der Waals surface area contributed by atoms with Crippen molar-refractivity contribution >= 4 is 5.71 Å². The second kappa shape index (κ2) is 3.21. The molecule has 0 saturated heterocycles. The smallest absolute Gasteiger partial charge is 0.132 e. The van der Waals surface area contributed by atoms with Gasteiger partial charge in [-0.25, -0.2) is 0 Å². The Bertz CT molecular complexity index is 387. The van der Waals surface area contributed by atoms with Gasteiger partial charge < -0.3 is 15.1 Å². The summed E-state index contributed by atoms with van der Waals surface area (Å²) in [6.07, 6.45) is 0.545. The van der Waals surface area contributed by atoms with Crippen LogP contribution in [0.2, 0.25) is 0 Å². The normalized spacial score (nSPS) is 22.9. The van der Waals surface area contributed by atoms with Gasteiger partial charge in [-0.3, -0.25) is 0 Å². The first-order chi connectivity index (χ1) is 6.70. The summed E-state index contributed by atoms with van der Waals surface area (Å²) in [7, 11) is 0. The van der Waals surface area contributed by atoms with E-state index in [4.69, 9.17) is 9.94 Å². The number of nitrogens with zero attached hydrogens (tertiary/aromatic N) is 1. The van der Waals surface area contributed by atoms with Crippen molar-refractivity contribution in [2.75, 3.05) is 0 Å². The minimum atomic E-state index is -0.0322. The van der Waals surface area contributed by atoms with Crippen LogP contribution in [0.4, 0.5) is 0 Å². The molecule has 0 aromatic heterocycles. The number of phenols is 1. The van der Waals surface area contributed by atoms with E-state index < -0.39 is 0 Å². The predicted octanol–water partition coefficient (Wildman–Crippen LogP) is 1.74. The molecule has 1 aromatic rings. The van der Waals surface area contributed by atoms with E-state index in [0.29, 0.717) is 17.9 Å². The van der Waals surface area contributed by atoms with Crippen LogP contribution in [0.1, 0.15) is 18.9 Å². The fraction of sp³-hybridized carbons (Fsp3) is 0.300. The molecule has 2 rings (SSSR count). The third-order valence-corrected chi connectivity index (χ3v) is 2.21. The van der Waals surface area contributed by atoms with Gasteiger partial charge in [-0.05, 0) is 19.1 Å². The molecule has 1 atom stereocenters. The molecule has 0 spiro atoms. The van der Waals surface area contributed by atoms with E-state index in [9.17, 15) is 5.11 Å². The zero-order valence-electron chi connectivity index (χ0n) is 7.77. The Hall–Kier alpha value is -1.71. The third kappa shape index (κ3) is 1.39. The molecule has 0 radical (unpaired) electrons. The Kier molecular flexibility index (Phi) is 2.04. The average molecular weight is 193 g/mol. The lowest BCUT2D eigenvalue weighted by molar-refractivity contribution is 0.217. The van der Waals surface area contributed by atoms with Crippen molar-refractivity contribution in [2.24, 2.45) is 5.16 Å². The molecule has 74 valence electrons. The van der Waals surface area contributed by atoms with E-state index in [0.717, 1.165) is 5.56 Å². The molecule has 4 heteroatoms. The summed E-state index contributed by atoms with van der Waals surface area (Å²) < 4.78 is 5.49. The van der Waals surface area contributed by atoms with E-state index in [1.807, 2.05) is 6.92 Å². The van der Waals surface area contributed by atoms with Crippen LogP contribution < -0.4 is 4.74 Å².